The molecule has 5 heteroatoms. The minimum absolute atomic E-state index is 0.623. The Morgan fingerprint density at radius 3 is 1.48 bits per heavy atom. The van der Waals surface area contributed by atoms with Crippen LogP contribution in [0.25, 0.3) is 28.5 Å². The fraction of sp³-hybridized carbons (Fsp3) is 0. The Balaban J connectivity index is 2.02. The first-order valence-corrected chi connectivity index (χ1v) is 8.52. The lowest BCUT2D eigenvalue weighted by molar-refractivity contribution is 1.07. The standard InChI is InChI=1S/C20H13Cl2N3/c21-17-12-6-4-10-15(17)19-23-24-20(16-11-5-7-13-18(16)22)25(19)14-8-2-1-3-9-14/h1-13H. The fourth-order valence-corrected chi connectivity index (χ4v) is 3.18. The van der Waals surface area contributed by atoms with Gasteiger partial charge in [0.15, 0.2) is 11.6 Å². The maximum absolute atomic E-state index is 6.40. The third kappa shape index (κ3) is 2.93. The number of nitrogens with zero attached hydrogens (tertiary/aromatic N) is 3. The summed E-state index contributed by atoms with van der Waals surface area (Å²) in [6.07, 6.45) is 0. The lowest BCUT2D eigenvalue weighted by Crippen LogP contribution is -2.00. The summed E-state index contributed by atoms with van der Waals surface area (Å²) < 4.78 is 1.97. The summed E-state index contributed by atoms with van der Waals surface area (Å²) in [6.45, 7) is 0. The number of halogens is 2. The van der Waals surface area contributed by atoms with E-state index in [4.69, 9.17) is 23.2 Å². The molecule has 0 aliphatic carbocycles. The van der Waals surface area contributed by atoms with E-state index < -0.39 is 0 Å². The van der Waals surface area contributed by atoms with Gasteiger partial charge in [0.2, 0.25) is 0 Å². The zero-order valence-corrected chi connectivity index (χ0v) is 14.6. The monoisotopic (exact) mass is 365 g/mol. The van der Waals surface area contributed by atoms with Gasteiger partial charge < -0.3 is 0 Å². The second-order valence-electron chi connectivity index (χ2n) is 5.48. The van der Waals surface area contributed by atoms with Crippen molar-refractivity contribution in [3.8, 4) is 28.5 Å². The summed E-state index contributed by atoms with van der Waals surface area (Å²) in [7, 11) is 0. The van der Waals surface area contributed by atoms with Crippen molar-refractivity contribution in [2.45, 2.75) is 0 Å². The highest BCUT2D eigenvalue weighted by Gasteiger charge is 2.19. The molecule has 0 amide bonds. The first-order valence-electron chi connectivity index (χ1n) is 7.76. The van der Waals surface area contributed by atoms with E-state index in [2.05, 4.69) is 10.2 Å². The Morgan fingerprint density at radius 2 is 1.00 bits per heavy atom. The Labute approximate surface area is 155 Å². The number of para-hydroxylation sites is 1. The van der Waals surface area contributed by atoms with Crippen LogP contribution in [0.4, 0.5) is 0 Å². The molecule has 122 valence electrons. The van der Waals surface area contributed by atoms with Gasteiger partial charge in [-0.2, -0.15) is 0 Å². The van der Waals surface area contributed by atoms with Crippen molar-refractivity contribution in [3.63, 3.8) is 0 Å². The average molecular weight is 366 g/mol. The van der Waals surface area contributed by atoms with E-state index in [1.165, 1.54) is 0 Å². The summed E-state index contributed by atoms with van der Waals surface area (Å²) in [5, 5.41) is 10.1. The van der Waals surface area contributed by atoms with Crippen molar-refractivity contribution in [2.75, 3.05) is 0 Å². The first-order chi connectivity index (χ1) is 12.3. The molecule has 0 bridgehead atoms. The molecule has 0 aliphatic heterocycles. The molecule has 0 N–H and O–H groups in total. The van der Waals surface area contributed by atoms with Crippen LogP contribution in [-0.2, 0) is 0 Å². The third-order valence-electron chi connectivity index (χ3n) is 3.91. The molecule has 3 nitrogen and oxygen atoms in total. The molecule has 0 aliphatic rings. The van der Waals surface area contributed by atoms with Crippen molar-refractivity contribution in [3.05, 3.63) is 88.9 Å². The van der Waals surface area contributed by atoms with Gasteiger partial charge in [-0.25, -0.2) is 0 Å². The lowest BCUT2D eigenvalue weighted by atomic mass is 10.1. The number of hydrogen-bond acceptors (Lipinski definition) is 2. The van der Waals surface area contributed by atoms with E-state index in [-0.39, 0.29) is 0 Å². The second-order valence-corrected chi connectivity index (χ2v) is 6.29. The molecule has 0 spiro atoms. The molecule has 4 aromatic rings. The molecule has 0 saturated heterocycles. The smallest absolute Gasteiger partial charge is 0.170 e. The fourth-order valence-electron chi connectivity index (χ4n) is 2.74. The van der Waals surface area contributed by atoms with E-state index in [0.717, 1.165) is 16.8 Å². The van der Waals surface area contributed by atoms with E-state index in [1.54, 1.807) is 0 Å². The zero-order valence-electron chi connectivity index (χ0n) is 13.1. The molecular weight excluding hydrogens is 353 g/mol. The topological polar surface area (TPSA) is 30.7 Å². The van der Waals surface area contributed by atoms with Crippen LogP contribution < -0.4 is 0 Å². The van der Waals surface area contributed by atoms with E-state index in [0.29, 0.717) is 21.7 Å². The number of hydrogen-bond donors (Lipinski definition) is 0. The van der Waals surface area contributed by atoms with Crippen LogP contribution in [0, 0.1) is 0 Å². The molecule has 1 aromatic heterocycles. The van der Waals surface area contributed by atoms with Crippen LogP contribution in [0.2, 0.25) is 10.0 Å². The molecule has 0 unspecified atom stereocenters. The van der Waals surface area contributed by atoms with Gasteiger partial charge in [-0.05, 0) is 36.4 Å². The van der Waals surface area contributed by atoms with Gasteiger partial charge in [0.05, 0.1) is 10.0 Å². The molecule has 25 heavy (non-hydrogen) atoms. The highest BCUT2D eigenvalue weighted by atomic mass is 35.5. The van der Waals surface area contributed by atoms with Gasteiger partial charge in [0.1, 0.15) is 0 Å². The van der Waals surface area contributed by atoms with Gasteiger partial charge in [-0.1, -0.05) is 65.7 Å². The van der Waals surface area contributed by atoms with Crippen molar-refractivity contribution in [1.82, 2.24) is 14.8 Å². The average Bonchev–Trinajstić information content (AvgIpc) is 3.08. The second kappa shape index (κ2) is 6.71. The molecule has 0 radical (unpaired) electrons. The lowest BCUT2D eigenvalue weighted by Gasteiger charge is -2.12. The predicted octanol–water partition coefficient (Wildman–Crippen LogP) is 5.91. The highest BCUT2D eigenvalue weighted by molar-refractivity contribution is 6.33. The summed E-state index contributed by atoms with van der Waals surface area (Å²) >= 11 is 12.8. The Morgan fingerprint density at radius 1 is 0.560 bits per heavy atom. The van der Waals surface area contributed by atoms with Crippen LogP contribution in [0.5, 0.6) is 0 Å². The van der Waals surface area contributed by atoms with Gasteiger partial charge in [0.25, 0.3) is 0 Å². The summed E-state index contributed by atoms with van der Waals surface area (Å²) in [5.41, 5.74) is 2.58. The van der Waals surface area contributed by atoms with E-state index in [9.17, 15) is 0 Å². The minimum Gasteiger partial charge on any atom is -0.275 e. The van der Waals surface area contributed by atoms with Crippen LogP contribution >= 0.6 is 23.2 Å². The first kappa shape index (κ1) is 15.9. The van der Waals surface area contributed by atoms with E-state index >= 15 is 0 Å². The van der Waals surface area contributed by atoms with Gasteiger partial charge in [-0.3, -0.25) is 4.57 Å². The van der Waals surface area contributed by atoms with Gasteiger partial charge in [-0.15, -0.1) is 10.2 Å². The van der Waals surface area contributed by atoms with Gasteiger partial charge in [0, 0.05) is 16.8 Å². The number of aromatic nitrogens is 3. The molecule has 0 saturated carbocycles. The van der Waals surface area contributed by atoms with Crippen molar-refractivity contribution < 1.29 is 0 Å². The van der Waals surface area contributed by atoms with Crippen molar-refractivity contribution >= 4 is 23.2 Å². The predicted molar refractivity (Wildman–Crippen MR) is 102 cm³/mol. The van der Waals surface area contributed by atoms with E-state index in [1.807, 2.05) is 83.4 Å². The molecule has 0 fully saturated rings. The molecule has 3 aromatic carbocycles. The summed E-state index contributed by atoms with van der Waals surface area (Å²) in [4.78, 5) is 0. The summed E-state index contributed by atoms with van der Waals surface area (Å²) in [6, 6.07) is 25.1. The third-order valence-corrected chi connectivity index (χ3v) is 4.57. The molecule has 0 atom stereocenters. The van der Waals surface area contributed by atoms with Gasteiger partial charge >= 0.3 is 0 Å². The Kier molecular flexibility index (Phi) is 4.26. The summed E-state index contributed by atoms with van der Waals surface area (Å²) in [5.74, 6) is 1.35. The quantitative estimate of drug-likeness (QED) is 0.451. The zero-order chi connectivity index (χ0) is 17.2. The van der Waals surface area contributed by atoms with Crippen LogP contribution in [0.3, 0.4) is 0 Å². The SMILES string of the molecule is Clc1ccccc1-c1nnc(-c2ccccc2Cl)n1-c1ccccc1. The largest absolute Gasteiger partial charge is 0.275 e. The molecule has 1 heterocycles. The number of benzene rings is 3. The van der Waals surface area contributed by atoms with Crippen LogP contribution in [0.1, 0.15) is 0 Å². The Bertz CT molecular complexity index is 963. The maximum atomic E-state index is 6.40. The Hall–Kier alpha value is -2.62. The highest BCUT2D eigenvalue weighted by Crippen LogP contribution is 2.34. The number of rotatable bonds is 3. The molecule has 4 rings (SSSR count). The molecular formula is C20H13Cl2N3. The minimum atomic E-state index is 0.623. The van der Waals surface area contributed by atoms with Crippen LogP contribution in [0.15, 0.2) is 78.9 Å². The van der Waals surface area contributed by atoms with Crippen LogP contribution in [-0.4, -0.2) is 14.8 Å². The normalized spacial score (nSPS) is 10.8. The van der Waals surface area contributed by atoms with Crippen molar-refractivity contribution in [2.24, 2.45) is 0 Å². The van der Waals surface area contributed by atoms with Crippen molar-refractivity contribution in [1.29, 1.82) is 0 Å². The maximum Gasteiger partial charge on any atom is 0.170 e.